The normalized spacial score (nSPS) is 11.0. The average molecular weight is 371 g/mol. The Labute approximate surface area is 161 Å². The third-order valence-electron chi connectivity index (χ3n) is 4.05. The predicted molar refractivity (Wildman–Crippen MR) is 109 cm³/mol. The van der Waals surface area contributed by atoms with E-state index in [4.69, 9.17) is 14.2 Å². The van der Waals surface area contributed by atoms with Crippen molar-refractivity contribution in [1.82, 2.24) is 10.6 Å². The van der Waals surface area contributed by atoms with Crippen LogP contribution in [0.25, 0.3) is 0 Å². The number of benzene rings is 2. The van der Waals surface area contributed by atoms with Crippen molar-refractivity contribution in [3.8, 4) is 17.2 Å². The summed E-state index contributed by atoms with van der Waals surface area (Å²) in [6.07, 6.45) is 0.851. The second kappa shape index (κ2) is 11.0. The molecule has 0 heterocycles. The van der Waals surface area contributed by atoms with Gasteiger partial charge >= 0.3 is 0 Å². The minimum atomic E-state index is 0.586. The van der Waals surface area contributed by atoms with Crippen molar-refractivity contribution in [2.45, 2.75) is 19.9 Å². The van der Waals surface area contributed by atoms with Crippen molar-refractivity contribution in [2.24, 2.45) is 4.99 Å². The van der Waals surface area contributed by atoms with Gasteiger partial charge in [-0.15, -0.1) is 0 Å². The molecule has 6 nitrogen and oxygen atoms in total. The molecule has 2 aromatic carbocycles. The Morgan fingerprint density at radius 2 is 1.70 bits per heavy atom. The summed E-state index contributed by atoms with van der Waals surface area (Å²) in [7, 11) is 4.96. The summed E-state index contributed by atoms with van der Waals surface area (Å²) < 4.78 is 15.9. The Hall–Kier alpha value is -2.89. The van der Waals surface area contributed by atoms with Crippen LogP contribution in [0.5, 0.6) is 17.2 Å². The van der Waals surface area contributed by atoms with Crippen molar-refractivity contribution < 1.29 is 14.2 Å². The van der Waals surface area contributed by atoms with Crippen LogP contribution in [-0.2, 0) is 13.0 Å². The van der Waals surface area contributed by atoms with Gasteiger partial charge in [0.15, 0.2) is 17.5 Å². The largest absolute Gasteiger partial charge is 0.497 e. The molecule has 0 spiro atoms. The van der Waals surface area contributed by atoms with E-state index in [1.54, 1.807) is 21.3 Å². The molecule has 0 aromatic heterocycles. The summed E-state index contributed by atoms with van der Waals surface area (Å²) in [6.45, 7) is 4.21. The van der Waals surface area contributed by atoms with Crippen LogP contribution in [0.1, 0.15) is 18.1 Å². The summed E-state index contributed by atoms with van der Waals surface area (Å²) >= 11 is 0. The van der Waals surface area contributed by atoms with Crippen molar-refractivity contribution in [2.75, 3.05) is 34.4 Å². The fourth-order valence-corrected chi connectivity index (χ4v) is 2.64. The van der Waals surface area contributed by atoms with Crippen LogP contribution in [0.2, 0.25) is 0 Å². The Balaban J connectivity index is 1.93. The first-order chi connectivity index (χ1) is 13.2. The quantitative estimate of drug-likeness (QED) is 0.524. The molecule has 0 aliphatic carbocycles. The highest BCUT2D eigenvalue weighted by molar-refractivity contribution is 5.79. The maximum Gasteiger partial charge on any atom is 0.191 e. The molecule has 6 heteroatoms. The predicted octanol–water partition coefficient (Wildman–Crippen LogP) is 3.01. The van der Waals surface area contributed by atoms with Gasteiger partial charge in [0.2, 0.25) is 0 Å². The van der Waals surface area contributed by atoms with Crippen molar-refractivity contribution in [3.05, 3.63) is 53.6 Å². The number of aliphatic imine (C=N–C) groups is 1. The molecule has 0 saturated heterocycles. The lowest BCUT2D eigenvalue weighted by Crippen LogP contribution is -2.38. The van der Waals surface area contributed by atoms with E-state index in [0.29, 0.717) is 6.54 Å². The fraction of sp³-hybridized carbons (Fsp3) is 0.381. The van der Waals surface area contributed by atoms with Gasteiger partial charge in [0.1, 0.15) is 5.75 Å². The topological polar surface area (TPSA) is 64.1 Å². The van der Waals surface area contributed by atoms with E-state index < -0.39 is 0 Å². The molecule has 2 N–H and O–H groups in total. The second-order valence-corrected chi connectivity index (χ2v) is 5.91. The monoisotopic (exact) mass is 371 g/mol. The molecular formula is C21H29N3O3. The number of nitrogens with one attached hydrogen (secondary N) is 2. The number of hydrogen-bond donors (Lipinski definition) is 2. The van der Waals surface area contributed by atoms with E-state index in [1.807, 2.05) is 42.5 Å². The van der Waals surface area contributed by atoms with E-state index in [9.17, 15) is 0 Å². The van der Waals surface area contributed by atoms with Crippen LogP contribution in [-0.4, -0.2) is 40.4 Å². The Morgan fingerprint density at radius 1 is 0.889 bits per heavy atom. The first kappa shape index (κ1) is 20.4. The molecule has 2 rings (SSSR count). The first-order valence-electron chi connectivity index (χ1n) is 9.06. The highest BCUT2D eigenvalue weighted by Crippen LogP contribution is 2.27. The van der Waals surface area contributed by atoms with Gasteiger partial charge in [0.25, 0.3) is 0 Å². The van der Waals surface area contributed by atoms with Crippen LogP contribution in [0.4, 0.5) is 0 Å². The molecule has 0 bridgehead atoms. The van der Waals surface area contributed by atoms with Gasteiger partial charge in [0, 0.05) is 13.1 Å². The molecule has 0 saturated carbocycles. The maximum atomic E-state index is 5.36. The van der Waals surface area contributed by atoms with E-state index in [-0.39, 0.29) is 0 Å². The molecule has 0 atom stereocenters. The van der Waals surface area contributed by atoms with E-state index in [2.05, 4.69) is 22.5 Å². The number of ether oxygens (including phenoxy) is 3. The molecule has 0 aliphatic heterocycles. The molecule has 27 heavy (non-hydrogen) atoms. The van der Waals surface area contributed by atoms with Crippen LogP contribution in [0, 0.1) is 0 Å². The van der Waals surface area contributed by atoms with E-state index in [1.165, 1.54) is 5.56 Å². The van der Waals surface area contributed by atoms with E-state index in [0.717, 1.165) is 48.3 Å². The molecule has 2 aromatic rings. The minimum absolute atomic E-state index is 0.586. The van der Waals surface area contributed by atoms with Gasteiger partial charge in [-0.25, -0.2) is 4.99 Å². The molecule has 0 aliphatic rings. The molecule has 0 radical (unpaired) electrons. The summed E-state index contributed by atoms with van der Waals surface area (Å²) in [5.74, 6) is 3.12. The lowest BCUT2D eigenvalue weighted by Gasteiger charge is -2.13. The first-order valence-corrected chi connectivity index (χ1v) is 9.06. The van der Waals surface area contributed by atoms with Gasteiger partial charge in [-0.3, -0.25) is 0 Å². The van der Waals surface area contributed by atoms with Crippen molar-refractivity contribution in [3.63, 3.8) is 0 Å². The van der Waals surface area contributed by atoms with Gasteiger partial charge in [-0.1, -0.05) is 18.2 Å². The number of guanidine groups is 1. The zero-order valence-electron chi connectivity index (χ0n) is 16.5. The maximum absolute atomic E-state index is 5.36. The Morgan fingerprint density at radius 3 is 2.41 bits per heavy atom. The lowest BCUT2D eigenvalue weighted by atomic mass is 10.1. The molecular weight excluding hydrogens is 342 g/mol. The standard InChI is InChI=1S/C21H29N3O3/c1-5-22-21(24-15-17-7-6-8-18(13-17)25-2)23-12-11-16-9-10-19(26-3)20(14-16)27-4/h6-10,13-14H,5,11-12,15H2,1-4H3,(H2,22,23,24). The van der Waals surface area contributed by atoms with Gasteiger partial charge in [0.05, 0.1) is 27.9 Å². The van der Waals surface area contributed by atoms with Crippen LogP contribution >= 0.6 is 0 Å². The molecule has 0 amide bonds. The zero-order valence-corrected chi connectivity index (χ0v) is 16.5. The average Bonchev–Trinajstić information content (AvgIpc) is 2.72. The molecule has 0 fully saturated rings. The SMILES string of the molecule is CCNC(=NCc1cccc(OC)c1)NCCc1ccc(OC)c(OC)c1. The van der Waals surface area contributed by atoms with Gasteiger partial charge < -0.3 is 24.8 Å². The van der Waals surface area contributed by atoms with Gasteiger partial charge in [-0.05, 0) is 48.7 Å². The van der Waals surface area contributed by atoms with Gasteiger partial charge in [-0.2, -0.15) is 0 Å². The third-order valence-corrected chi connectivity index (χ3v) is 4.05. The third kappa shape index (κ3) is 6.40. The Kier molecular flexibility index (Phi) is 8.29. The fourth-order valence-electron chi connectivity index (χ4n) is 2.64. The highest BCUT2D eigenvalue weighted by Gasteiger charge is 2.05. The number of nitrogens with zero attached hydrogens (tertiary/aromatic N) is 1. The number of methoxy groups -OCH3 is 3. The van der Waals surface area contributed by atoms with Crippen molar-refractivity contribution >= 4 is 5.96 Å². The van der Waals surface area contributed by atoms with Crippen LogP contribution < -0.4 is 24.8 Å². The number of rotatable bonds is 9. The smallest absolute Gasteiger partial charge is 0.191 e. The van der Waals surface area contributed by atoms with Crippen LogP contribution in [0.15, 0.2) is 47.5 Å². The number of hydrogen-bond acceptors (Lipinski definition) is 4. The Bertz CT molecular complexity index is 747. The van der Waals surface area contributed by atoms with E-state index >= 15 is 0 Å². The zero-order chi connectivity index (χ0) is 19.5. The van der Waals surface area contributed by atoms with Crippen molar-refractivity contribution in [1.29, 1.82) is 0 Å². The second-order valence-electron chi connectivity index (χ2n) is 5.91. The van der Waals surface area contributed by atoms with Crippen LogP contribution in [0.3, 0.4) is 0 Å². The summed E-state index contributed by atoms with van der Waals surface area (Å²) in [5.41, 5.74) is 2.27. The molecule has 0 unspecified atom stereocenters. The lowest BCUT2D eigenvalue weighted by molar-refractivity contribution is 0.354. The summed E-state index contributed by atoms with van der Waals surface area (Å²) in [5, 5.41) is 6.64. The molecule has 146 valence electrons. The summed E-state index contributed by atoms with van der Waals surface area (Å²) in [4.78, 5) is 4.65. The minimum Gasteiger partial charge on any atom is -0.497 e. The summed E-state index contributed by atoms with van der Waals surface area (Å²) in [6, 6.07) is 13.9. The highest BCUT2D eigenvalue weighted by atomic mass is 16.5.